The minimum absolute atomic E-state index is 0.209. The monoisotopic (exact) mass is 592 g/mol. The van der Waals surface area contributed by atoms with E-state index in [0.29, 0.717) is 37.8 Å². The second-order valence-corrected chi connectivity index (χ2v) is 10.6. The number of fused-ring (bicyclic) bond motifs is 1. The first kappa shape index (κ1) is 29.7. The molecule has 5 aromatic rings. The summed E-state index contributed by atoms with van der Waals surface area (Å²) in [4.78, 5) is 9.11. The van der Waals surface area contributed by atoms with Crippen LogP contribution >= 0.6 is 0 Å². The van der Waals surface area contributed by atoms with Gasteiger partial charge in [-0.05, 0) is 22.8 Å². The van der Waals surface area contributed by atoms with Gasteiger partial charge in [0.15, 0.2) is 0 Å². The molecule has 0 saturated carbocycles. The van der Waals surface area contributed by atoms with Crippen LogP contribution in [0.1, 0.15) is 28.4 Å². The summed E-state index contributed by atoms with van der Waals surface area (Å²) in [6.45, 7) is 1.58. The molecule has 8 heteroatoms. The van der Waals surface area contributed by atoms with Crippen LogP contribution < -0.4 is 9.47 Å². The maximum absolute atomic E-state index is 6.83. The first-order valence-corrected chi connectivity index (χ1v) is 14.7. The molecule has 0 radical (unpaired) electrons. The van der Waals surface area contributed by atoms with Gasteiger partial charge in [-0.2, -0.15) is 9.97 Å². The van der Waals surface area contributed by atoms with Gasteiger partial charge in [-0.1, -0.05) is 103 Å². The molecule has 1 aromatic heterocycles. The first-order chi connectivity index (χ1) is 21.7. The number of hydrogen-bond acceptors (Lipinski definition) is 8. The molecule has 0 amide bonds. The van der Waals surface area contributed by atoms with Gasteiger partial charge in [-0.3, -0.25) is 0 Å². The maximum Gasteiger partial charge on any atom is 0.320 e. The molecule has 2 heterocycles. The van der Waals surface area contributed by atoms with Gasteiger partial charge in [0.1, 0.15) is 24.4 Å². The second kappa shape index (κ2) is 14.4. The zero-order chi connectivity index (χ0) is 30.1. The van der Waals surface area contributed by atoms with Crippen LogP contribution in [-0.2, 0) is 38.8 Å². The summed E-state index contributed by atoms with van der Waals surface area (Å²) in [6, 6.07) is 36.4. The standard InChI is InChI=1S/C36H36N2O6/c1-39-35-29-20-12-19-28(31(29)37-36(38-35)40-2)32-34(43-23-27-17-10-5-11-18-27)33(42-22-26-15-8-4-9-16-26)30(44-32)24-41-21-25-13-6-3-7-14-25/h3-20,30,32-34H,21-24H2,1-2H3/t30-,32+,33-,34+/m1/s1. The minimum atomic E-state index is -0.516. The summed E-state index contributed by atoms with van der Waals surface area (Å²) >= 11 is 0. The molecule has 1 aliphatic heterocycles. The molecule has 0 spiro atoms. The maximum atomic E-state index is 6.83. The molecule has 1 fully saturated rings. The van der Waals surface area contributed by atoms with E-state index in [9.17, 15) is 0 Å². The van der Waals surface area contributed by atoms with Crippen LogP contribution in [0.25, 0.3) is 10.9 Å². The van der Waals surface area contributed by atoms with Crippen LogP contribution in [-0.4, -0.2) is 49.1 Å². The van der Waals surface area contributed by atoms with Crippen LogP contribution in [0.4, 0.5) is 0 Å². The van der Waals surface area contributed by atoms with Crippen molar-refractivity contribution in [3.63, 3.8) is 0 Å². The summed E-state index contributed by atoms with van der Waals surface area (Å²) in [5.41, 5.74) is 4.71. The van der Waals surface area contributed by atoms with Gasteiger partial charge in [-0.15, -0.1) is 0 Å². The molecule has 0 unspecified atom stereocenters. The first-order valence-electron chi connectivity index (χ1n) is 14.7. The van der Waals surface area contributed by atoms with Gasteiger partial charge in [0.05, 0.1) is 51.6 Å². The molecule has 226 valence electrons. The molecule has 4 aromatic carbocycles. The number of hydrogen-bond donors (Lipinski definition) is 0. The van der Waals surface area contributed by atoms with Crippen molar-refractivity contribution < 1.29 is 28.4 Å². The van der Waals surface area contributed by atoms with Crippen LogP contribution in [0.2, 0.25) is 0 Å². The Balaban J connectivity index is 1.36. The van der Waals surface area contributed by atoms with Crippen molar-refractivity contribution in [2.75, 3.05) is 20.8 Å². The van der Waals surface area contributed by atoms with Crippen molar-refractivity contribution in [2.45, 2.75) is 44.2 Å². The Kier molecular flexibility index (Phi) is 9.74. The largest absolute Gasteiger partial charge is 0.480 e. The Bertz CT molecular complexity index is 1620. The Morgan fingerprint density at radius 3 is 1.80 bits per heavy atom. The Morgan fingerprint density at radius 1 is 0.614 bits per heavy atom. The predicted octanol–water partition coefficient (Wildman–Crippen LogP) is 6.47. The number of rotatable bonds is 13. The fourth-order valence-corrected chi connectivity index (χ4v) is 5.50. The summed E-state index contributed by atoms with van der Waals surface area (Å²) in [7, 11) is 3.12. The Morgan fingerprint density at radius 2 is 1.20 bits per heavy atom. The number of para-hydroxylation sites is 1. The van der Waals surface area contributed by atoms with Crippen LogP contribution in [0.15, 0.2) is 109 Å². The predicted molar refractivity (Wildman–Crippen MR) is 166 cm³/mol. The van der Waals surface area contributed by atoms with Crippen LogP contribution in [0.5, 0.6) is 11.9 Å². The minimum Gasteiger partial charge on any atom is -0.480 e. The molecular weight excluding hydrogens is 556 g/mol. The van der Waals surface area contributed by atoms with Crippen LogP contribution in [0.3, 0.4) is 0 Å². The fourth-order valence-electron chi connectivity index (χ4n) is 5.50. The topological polar surface area (TPSA) is 81.2 Å². The molecule has 4 atom stereocenters. The van der Waals surface area contributed by atoms with E-state index < -0.39 is 24.4 Å². The number of nitrogens with zero attached hydrogens (tertiary/aromatic N) is 2. The number of ether oxygens (including phenoxy) is 6. The highest BCUT2D eigenvalue weighted by atomic mass is 16.6. The molecular formula is C36H36N2O6. The lowest BCUT2D eigenvalue weighted by Crippen LogP contribution is -2.37. The lowest BCUT2D eigenvalue weighted by molar-refractivity contribution is -0.0898. The Labute approximate surface area is 257 Å². The summed E-state index contributed by atoms with van der Waals surface area (Å²) in [6.07, 6.45) is -1.82. The van der Waals surface area contributed by atoms with Gasteiger partial charge in [0.2, 0.25) is 5.88 Å². The van der Waals surface area contributed by atoms with Gasteiger partial charge in [0, 0.05) is 5.56 Å². The molecule has 1 saturated heterocycles. The number of aromatic nitrogens is 2. The van der Waals surface area contributed by atoms with E-state index in [-0.39, 0.29) is 6.01 Å². The van der Waals surface area contributed by atoms with E-state index in [0.717, 1.165) is 27.6 Å². The second-order valence-electron chi connectivity index (χ2n) is 10.6. The van der Waals surface area contributed by atoms with Gasteiger partial charge in [0.25, 0.3) is 0 Å². The highest BCUT2D eigenvalue weighted by Gasteiger charge is 2.48. The molecule has 8 nitrogen and oxygen atoms in total. The van der Waals surface area contributed by atoms with E-state index in [1.165, 1.54) is 7.11 Å². The highest BCUT2D eigenvalue weighted by Crippen LogP contribution is 2.42. The third kappa shape index (κ3) is 6.90. The molecule has 0 aliphatic carbocycles. The molecule has 1 aliphatic rings. The average molecular weight is 593 g/mol. The van der Waals surface area contributed by atoms with E-state index in [1.54, 1.807) is 7.11 Å². The molecule has 0 bridgehead atoms. The summed E-state index contributed by atoms with van der Waals surface area (Å²) in [5.74, 6) is 0.424. The highest BCUT2D eigenvalue weighted by molar-refractivity contribution is 5.87. The van der Waals surface area contributed by atoms with Crippen molar-refractivity contribution in [3.8, 4) is 11.9 Å². The van der Waals surface area contributed by atoms with Gasteiger partial charge in [-0.25, -0.2) is 0 Å². The number of benzene rings is 4. The van der Waals surface area contributed by atoms with Crippen molar-refractivity contribution in [2.24, 2.45) is 0 Å². The van der Waals surface area contributed by atoms with Gasteiger partial charge >= 0.3 is 6.01 Å². The molecule has 6 rings (SSSR count). The summed E-state index contributed by atoms with van der Waals surface area (Å²) in [5, 5.41) is 0.752. The van der Waals surface area contributed by atoms with E-state index in [1.807, 2.05) is 109 Å². The van der Waals surface area contributed by atoms with Gasteiger partial charge < -0.3 is 28.4 Å². The third-order valence-corrected chi connectivity index (χ3v) is 7.66. The SMILES string of the molecule is COc1nc(OC)c2cccc([C@@H]3O[C@H](COCc4ccccc4)[C@@H](OCc4ccccc4)[C@H]3OCc3ccccc3)c2n1. The summed E-state index contributed by atoms with van der Waals surface area (Å²) < 4.78 is 37.4. The Hall–Kier alpha value is -4.34. The quantitative estimate of drug-likeness (QED) is 0.154. The average Bonchev–Trinajstić information content (AvgIpc) is 3.43. The molecule has 0 N–H and O–H groups in total. The zero-order valence-corrected chi connectivity index (χ0v) is 24.9. The zero-order valence-electron chi connectivity index (χ0n) is 24.9. The van der Waals surface area contributed by atoms with Crippen molar-refractivity contribution in [1.29, 1.82) is 0 Å². The molecule has 44 heavy (non-hydrogen) atoms. The van der Waals surface area contributed by atoms with Crippen molar-refractivity contribution >= 4 is 10.9 Å². The van der Waals surface area contributed by atoms with Crippen LogP contribution in [0, 0.1) is 0 Å². The van der Waals surface area contributed by atoms with E-state index in [4.69, 9.17) is 33.4 Å². The lowest BCUT2D eigenvalue weighted by atomic mass is 9.98. The number of methoxy groups -OCH3 is 2. The lowest BCUT2D eigenvalue weighted by Gasteiger charge is -2.26. The fraction of sp³-hybridized carbons (Fsp3) is 0.278. The van der Waals surface area contributed by atoms with E-state index in [2.05, 4.69) is 4.98 Å². The smallest absolute Gasteiger partial charge is 0.320 e. The van der Waals surface area contributed by atoms with Crippen molar-refractivity contribution in [3.05, 3.63) is 131 Å². The van der Waals surface area contributed by atoms with Crippen molar-refractivity contribution in [1.82, 2.24) is 9.97 Å². The third-order valence-electron chi connectivity index (χ3n) is 7.66. The van der Waals surface area contributed by atoms with E-state index >= 15 is 0 Å². The normalized spacial score (nSPS) is 19.7.